The molecule has 6 nitrogen and oxygen atoms in total. The largest absolute Gasteiger partial charge is 0.353 e. The highest BCUT2D eigenvalue weighted by Crippen LogP contribution is 2.23. The summed E-state index contributed by atoms with van der Waals surface area (Å²) in [4.78, 5) is 15.0. The van der Waals surface area contributed by atoms with Crippen LogP contribution in [0.15, 0.2) is 25.0 Å². The highest BCUT2D eigenvalue weighted by Gasteiger charge is 2.22. The molecule has 0 N–H and O–H groups in total. The van der Waals surface area contributed by atoms with E-state index in [0.717, 1.165) is 37.4 Å². The summed E-state index contributed by atoms with van der Waals surface area (Å²) in [5, 5.41) is 4.23. The maximum absolute atomic E-state index is 4.53. The van der Waals surface area contributed by atoms with Crippen molar-refractivity contribution < 1.29 is 0 Å². The van der Waals surface area contributed by atoms with Crippen LogP contribution in [-0.4, -0.2) is 37.8 Å². The zero-order valence-corrected chi connectivity index (χ0v) is 10.4. The molecule has 18 heavy (non-hydrogen) atoms. The summed E-state index contributed by atoms with van der Waals surface area (Å²) in [5.74, 6) is 0.958. The van der Waals surface area contributed by atoms with Crippen molar-refractivity contribution in [1.29, 1.82) is 0 Å². The van der Waals surface area contributed by atoms with Crippen molar-refractivity contribution in [3.63, 3.8) is 0 Å². The van der Waals surface area contributed by atoms with Gasteiger partial charge < -0.3 is 4.90 Å². The molecular weight excluding hydrogens is 228 g/mol. The molecule has 0 radical (unpaired) electrons. The van der Waals surface area contributed by atoms with Crippen molar-refractivity contribution in [2.45, 2.75) is 25.8 Å². The molecule has 0 aromatic carbocycles. The Bertz CT molecular complexity index is 509. The van der Waals surface area contributed by atoms with Crippen molar-refractivity contribution >= 4 is 5.82 Å². The van der Waals surface area contributed by atoms with Crippen molar-refractivity contribution in [2.75, 3.05) is 18.0 Å². The second kappa shape index (κ2) is 4.72. The van der Waals surface area contributed by atoms with E-state index < -0.39 is 0 Å². The smallest absolute Gasteiger partial charge is 0.147 e. The van der Waals surface area contributed by atoms with E-state index in [0.29, 0.717) is 6.04 Å². The quantitative estimate of drug-likeness (QED) is 0.795. The average molecular weight is 244 g/mol. The molecule has 1 saturated heterocycles. The molecule has 1 atom stereocenters. The van der Waals surface area contributed by atoms with E-state index in [9.17, 15) is 0 Å². The van der Waals surface area contributed by atoms with E-state index in [4.69, 9.17) is 0 Å². The maximum atomic E-state index is 4.53. The number of hydrogen-bond acceptors (Lipinski definition) is 5. The van der Waals surface area contributed by atoms with Crippen LogP contribution in [0.4, 0.5) is 5.82 Å². The highest BCUT2D eigenvalue weighted by atomic mass is 15.4. The molecule has 0 amide bonds. The third-order valence-electron chi connectivity index (χ3n) is 3.27. The molecule has 0 aliphatic carbocycles. The van der Waals surface area contributed by atoms with Crippen molar-refractivity contribution in [3.8, 4) is 0 Å². The number of hydrogen-bond donors (Lipinski definition) is 0. The molecule has 1 unspecified atom stereocenters. The van der Waals surface area contributed by atoms with Gasteiger partial charge in [0.25, 0.3) is 0 Å². The van der Waals surface area contributed by atoms with E-state index in [1.54, 1.807) is 18.9 Å². The Morgan fingerprint density at radius 1 is 1.28 bits per heavy atom. The standard InChI is InChI=1S/C12H16N6/c1-10-5-13-6-12(16-10)17-4-2-3-11(7-17)18-9-14-8-15-18/h5-6,8-9,11H,2-4,7H2,1H3. The number of rotatable bonds is 2. The van der Waals surface area contributed by atoms with Crippen LogP contribution >= 0.6 is 0 Å². The molecule has 1 fully saturated rings. The highest BCUT2D eigenvalue weighted by molar-refractivity contribution is 5.36. The van der Waals surface area contributed by atoms with Gasteiger partial charge in [0.1, 0.15) is 18.5 Å². The summed E-state index contributed by atoms with van der Waals surface area (Å²) < 4.78 is 1.94. The first-order chi connectivity index (χ1) is 8.83. The number of aryl methyl sites for hydroxylation is 1. The normalized spacial score (nSPS) is 20.1. The van der Waals surface area contributed by atoms with Gasteiger partial charge in [-0.05, 0) is 19.8 Å². The fourth-order valence-corrected chi connectivity index (χ4v) is 2.39. The summed E-state index contributed by atoms with van der Waals surface area (Å²) in [6.07, 6.45) is 9.26. The fourth-order valence-electron chi connectivity index (χ4n) is 2.39. The van der Waals surface area contributed by atoms with Crippen LogP contribution in [0.1, 0.15) is 24.6 Å². The SMILES string of the molecule is Cc1cncc(N2CCCC(n3cncn3)C2)n1. The molecule has 6 heteroatoms. The summed E-state index contributed by atoms with van der Waals surface area (Å²) in [5.41, 5.74) is 0.954. The third kappa shape index (κ3) is 2.18. The second-order valence-electron chi connectivity index (χ2n) is 4.64. The molecule has 3 rings (SSSR count). The fraction of sp³-hybridized carbons (Fsp3) is 0.500. The molecule has 1 aliphatic heterocycles. The monoisotopic (exact) mass is 244 g/mol. The van der Waals surface area contributed by atoms with Gasteiger partial charge in [-0.3, -0.25) is 4.98 Å². The summed E-state index contributed by atoms with van der Waals surface area (Å²) in [6, 6.07) is 0.378. The predicted octanol–water partition coefficient (Wildman–Crippen LogP) is 1.22. The molecule has 94 valence electrons. The van der Waals surface area contributed by atoms with Crippen LogP contribution in [0.5, 0.6) is 0 Å². The minimum absolute atomic E-state index is 0.378. The van der Waals surface area contributed by atoms with Gasteiger partial charge in [-0.2, -0.15) is 5.10 Å². The Balaban J connectivity index is 1.78. The molecule has 2 aromatic heterocycles. The predicted molar refractivity (Wildman–Crippen MR) is 67.3 cm³/mol. The zero-order chi connectivity index (χ0) is 12.4. The van der Waals surface area contributed by atoms with Crippen LogP contribution in [0.3, 0.4) is 0 Å². The van der Waals surface area contributed by atoms with Gasteiger partial charge in [0.15, 0.2) is 0 Å². The third-order valence-corrected chi connectivity index (χ3v) is 3.27. The van der Waals surface area contributed by atoms with E-state index in [1.807, 2.05) is 17.8 Å². The van der Waals surface area contributed by atoms with E-state index in [-0.39, 0.29) is 0 Å². The van der Waals surface area contributed by atoms with E-state index in [1.165, 1.54) is 0 Å². The number of aromatic nitrogens is 5. The van der Waals surface area contributed by atoms with E-state index in [2.05, 4.69) is 25.0 Å². The van der Waals surface area contributed by atoms with Crippen molar-refractivity contribution in [3.05, 3.63) is 30.7 Å². The lowest BCUT2D eigenvalue weighted by Crippen LogP contribution is -2.37. The lowest BCUT2D eigenvalue weighted by Gasteiger charge is -2.33. The minimum Gasteiger partial charge on any atom is -0.353 e. The topological polar surface area (TPSA) is 59.7 Å². The molecular formula is C12H16N6. The molecule has 0 bridgehead atoms. The Morgan fingerprint density at radius 2 is 2.22 bits per heavy atom. The first-order valence-corrected chi connectivity index (χ1v) is 6.20. The van der Waals surface area contributed by atoms with Crippen molar-refractivity contribution in [1.82, 2.24) is 24.7 Å². The Morgan fingerprint density at radius 3 is 3.00 bits per heavy atom. The summed E-state index contributed by atoms with van der Waals surface area (Å²) in [7, 11) is 0. The molecule has 0 spiro atoms. The second-order valence-corrected chi connectivity index (χ2v) is 4.64. The molecule has 2 aromatic rings. The minimum atomic E-state index is 0.378. The van der Waals surface area contributed by atoms with Gasteiger partial charge >= 0.3 is 0 Å². The number of nitrogens with zero attached hydrogens (tertiary/aromatic N) is 6. The van der Waals surface area contributed by atoms with Crippen LogP contribution < -0.4 is 4.90 Å². The Labute approximate surface area is 106 Å². The van der Waals surface area contributed by atoms with Crippen LogP contribution in [0.25, 0.3) is 0 Å². The van der Waals surface area contributed by atoms with Crippen molar-refractivity contribution in [2.24, 2.45) is 0 Å². The first-order valence-electron chi connectivity index (χ1n) is 6.20. The first kappa shape index (κ1) is 11.1. The van der Waals surface area contributed by atoms with Crippen LogP contribution in [0, 0.1) is 6.92 Å². The van der Waals surface area contributed by atoms with Crippen LogP contribution in [-0.2, 0) is 0 Å². The average Bonchev–Trinajstić information content (AvgIpc) is 2.93. The summed E-state index contributed by atoms with van der Waals surface area (Å²) >= 11 is 0. The van der Waals surface area contributed by atoms with Gasteiger partial charge in [-0.25, -0.2) is 14.6 Å². The van der Waals surface area contributed by atoms with Gasteiger partial charge in [0.05, 0.1) is 17.9 Å². The summed E-state index contributed by atoms with van der Waals surface area (Å²) in [6.45, 7) is 3.92. The maximum Gasteiger partial charge on any atom is 0.147 e. The lowest BCUT2D eigenvalue weighted by molar-refractivity contribution is 0.374. The van der Waals surface area contributed by atoms with Gasteiger partial charge in [-0.15, -0.1) is 0 Å². The van der Waals surface area contributed by atoms with Gasteiger partial charge in [-0.1, -0.05) is 0 Å². The molecule has 3 heterocycles. The molecule has 1 aliphatic rings. The number of anilines is 1. The number of piperidine rings is 1. The lowest BCUT2D eigenvalue weighted by atomic mass is 10.1. The Kier molecular flexibility index (Phi) is 2.92. The van der Waals surface area contributed by atoms with Gasteiger partial charge in [0, 0.05) is 19.3 Å². The Hall–Kier alpha value is -1.98. The van der Waals surface area contributed by atoms with Crippen LogP contribution in [0.2, 0.25) is 0 Å². The van der Waals surface area contributed by atoms with E-state index >= 15 is 0 Å². The van der Waals surface area contributed by atoms with Gasteiger partial charge in [0.2, 0.25) is 0 Å². The molecule has 0 saturated carbocycles. The zero-order valence-electron chi connectivity index (χ0n) is 10.4.